The standard InChI is InChI=1S/C17H25N3O2/c1-17(8-2-5-11-22-17)13-19-16(21)14-6-7-15(18-12-14)20-9-3-4-10-20/h6-7,12H,2-5,8-11,13H2,1H3,(H,19,21). The summed E-state index contributed by atoms with van der Waals surface area (Å²) in [5.41, 5.74) is 0.388. The van der Waals surface area contributed by atoms with Gasteiger partial charge in [-0.1, -0.05) is 0 Å². The number of carbonyl (C=O) groups excluding carboxylic acids is 1. The van der Waals surface area contributed by atoms with Gasteiger partial charge < -0.3 is 15.0 Å². The van der Waals surface area contributed by atoms with Crippen molar-refractivity contribution >= 4 is 11.7 Å². The average Bonchev–Trinajstić information content (AvgIpc) is 3.08. The first-order valence-electron chi connectivity index (χ1n) is 8.29. The number of pyridine rings is 1. The van der Waals surface area contributed by atoms with E-state index in [-0.39, 0.29) is 11.5 Å². The van der Waals surface area contributed by atoms with Crippen molar-refractivity contribution in [1.29, 1.82) is 0 Å². The van der Waals surface area contributed by atoms with Crippen LogP contribution in [0.5, 0.6) is 0 Å². The van der Waals surface area contributed by atoms with Gasteiger partial charge in [0, 0.05) is 32.4 Å². The molecule has 1 aromatic rings. The van der Waals surface area contributed by atoms with E-state index in [1.165, 1.54) is 19.3 Å². The van der Waals surface area contributed by atoms with Crippen LogP contribution in [-0.4, -0.2) is 42.7 Å². The molecule has 0 saturated carbocycles. The van der Waals surface area contributed by atoms with Gasteiger partial charge in [0.25, 0.3) is 5.91 Å². The zero-order valence-electron chi connectivity index (χ0n) is 13.3. The largest absolute Gasteiger partial charge is 0.373 e. The van der Waals surface area contributed by atoms with Crippen LogP contribution in [0.1, 0.15) is 49.4 Å². The Morgan fingerprint density at radius 2 is 2.14 bits per heavy atom. The Morgan fingerprint density at radius 1 is 1.32 bits per heavy atom. The second kappa shape index (κ2) is 6.65. The fraction of sp³-hybridized carbons (Fsp3) is 0.647. The molecule has 22 heavy (non-hydrogen) atoms. The van der Waals surface area contributed by atoms with E-state index >= 15 is 0 Å². The van der Waals surface area contributed by atoms with E-state index in [1.54, 1.807) is 6.20 Å². The Morgan fingerprint density at radius 3 is 2.77 bits per heavy atom. The van der Waals surface area contributed by atoms with Gasteiger partial charge in [-0.2, -0.15) is 0 Å². The van der Waals surface area contributed by atoms with Crippen molar-refractivity contribution in [1.82, 2.24) is 10.3 Å². The van der Waals surface area contributed by atoms with Crippen LogP contribution in [-0.2, 0) is 4.74 Å². The lowest BCUT2D eigenvalue weighted by atomic mass is 9.96. The number of carbonyl (C=O) groups is 1. The van der Waals surface area contributed by atoms with Crippen LogP contribution >= 0.6 is 0 Å². The molecule has 2 aliphatic heterocycles. The third-order valence-corrected chi connectivity index (χ3v) is 4.61. The summed E-state index contributed by atoms with van der Waals surface area (Å²) in [7, 11) is 0. The Balaban J connectivity index is 1.55. The molecule has 0 spiro atoms. The Bertz CT molecular complexity index is 503. The number of rotatable bonds is 4. The molecule has 3 rings (SSSR count). The van der Waals surface area contributed by atoms with Gasteiger partial charge in [0.05, 0.1) is 11.2 Å². The lowest BCUT2D eigenvalue weighted by molar-refractivity contribution is -0.0618. The zero-order chi connectivity index (χ0) is 15.4. The van der Waals surface area contributed by atoms with Crippen molar-refractivity contribution in [3.63, 3.8) is 0 Å². The second-order valence-electron chi connectivity index (χ2n) is 6.54. The molecule has 1 N–H and O–H groups in total. The number of hydrogen-bond donors (Lipinski definition) is 1. The second-order valence-corrected chi connectivity index (χ2v) is 6.54. The lowest BCUT2D eigenvalue weighted by Crippen LogP contribution is -2.44. The van der Waals surface area contributed by atoms with E-state index in [2.05, 4.69) is 22.1 Å². The summed E-state index contributed by atoms with van der Waals surface area (Å²) in [4.78, 5) is 18.9. The van der Waals surface area contributed by atoms with Gasteiger partial charge in [-0.3, -0.25) is 4.79 Å². The highest BCUT2D eigenvalue weighted by atomic mass is 16.5. The van der Waals surface area contributed by atoms with Crippen molar-refractivity contribution in [2.75, 3.05) is 31.1 Å². The minimum atomic E-state index is -0.225. The summed E-state index contributed by atoms with van der Waals surface area (Å²) in [5, 5.41) is 2.98. The van der Waals surface area contributed by atoms with Crippen LogP contribution in [0.2, 0.25) is 0 Å². The number of amides is 1. The minimum absolute atomic E-state index is 0.0733. The monoisotopic (exact) mass is 303 g/mol. The molecular weight excluding hydrogens is 278 g/mol. The van der Waals surface area contributed by atoms with E-state index in [0.29, 0.717) is 12.1 Å². The predicted molar refractivity (Wildman–Crippen MR) is 86.2 cm³/mol. The van der Waals surface area contributed by atoms with Crippen LogP contribution in [0.4, 0.5) is 5.82 Å². The normalized spacial score (nSPS) is 25.2. The summed E-state index contributed by atoms with van der Waals surface area (Å²) in [6, 6.07) is 3.80. The Hall–Kier alpha value is -1.62. The van der Waals surface area contributed by atoms with Gasteiger partial charge in [-0.25, -0.2) is 4.98 Å². The third-order valence-electron chi connectivity index (χ3n) is 4.61. The predicted octanol–water partition coefficient (Wildman–Crippen LogP) is 2.37. The molecule has 1 aromatic heterocycles. The van der Waals surface area contributed by atoms with Gasteiger partial charge in [0.2, 0.25) is 0 Å². The molecule has 0 radical (unpaired) electrons. The molecular formula is C17H25N3O2. The fourth-order valence-corrected chi connectivity index (χ4v) is 3.15. The van der Waals surface area contributed by atoms with E-state index in [0.717, 1.165) is 38.4 Å². The first kappa shape index (κ1) is 15.3. The average molecular weight is 303 g/mol. The zero-order valence-corrected chi connectivity index (χ0v) is 13.3. The molecule has 1 amide bonds. The van der Waals surface area contributed by atoms with Crippen molar-refractivity contribution < 1.29 is 9.53 Å². The van der Waals surface area contributed by atoms with E-state index in [4.69, 9.17) is 4.74 Å². The molecule has 0 aliphatic carbocycles. The Labute approximate surface area is 132 Å². The number of aromatic nitrogens is 1. The summed E-state index contributed by atoms with van der Waals surface area (Å²) in [6.45, 7) is 5.54. The smallest absolute Gasteiger partial charge is 0.252 e. The van der Waals surface area contributed by atoms with Crippen LogP contribution in [0, 0.1) is 0 Å². The molecule has 2 saturated heterocycles. The summed E-state index contributed by atoms with van der Waals surface area (Å²) < 4.78 is 5.80. The minimum Gasteiger partial charge on any atom is -0.373 e. The summed E-state index contributed by atoms with van der Waals surface area (Å²) >= 11 is 0. The van der Waals surface area contributed by atoms with Gasteiger partial charge in [0.1, 0.15) is 5.82 Å². The highest BCUT2D eigenvalue weighted by molar-refractivity contribution is 5.94. The first-order valence-corrected chi connectivity index (χ1v) is 8.29. The van der Waals surface area contributed by atoms with Crippen LogP contribution < -0.4 is 10.2 Å². The van der Waals surface area contributed by atoms with Crippen molar-refractivity contribution in [2.24, 2.45) is 0 Å². The van der Waals surface area contributed by atoms with Crippen molar-refractivity contribution in [3.8, 4) is 0 Å². The molecule has 2 aliphatic rings. The Kier molecular flexibility index (Phi) is 4.62. The molecule has 5 nitrogen and oxygen atoms in total. The molecule has 5 heteroatoms. The third kappa shape index (κ3) is 3.58. The van der Waals surface area contributed by atoms with Crippen LogP contribution in [0.3, 0.4) is 0 Å². The summed E-state index contributed by atoms with van der Waals surface area (Å²) in [6.07, 6.45) is 7.40. The molecule has 0 aromatic carbocycles. The van der Waals surface area contributed by atoms with Gasteiger partial charge in [0.15, 0.2) is 0 Å². The number of hydrogen-bond acceptors (Lipinski definition) is 4. The highest BCUT2D eigenvalue weighted by Crippen LogP contribution is 2.23. The van der Waals surface area contributed by atoms with E-state index < -0.39 is 0 Å². The van der Waals surface area contributed by atoms with Gasteiger partial charge in [-0.05, 0) is 51.2 Å². The number of nitrogens with one attached hydrogen (secondary N) is 1. The van der Waals surface area contributed by atoms with E-state index in [9.17, 15) is 4.79 Å². The molecule has 1 atom stereocenters. The maximum absolute atomic E-state index is 12.2. The van der Waals surface area contributed by atoms with Gasteiger partial charge in [-0.15, -0.1) is 0 Å². The highest BCUT2D eigenvalue weighted by Gasteiger charge is 2.28. The van der Waals surface area contributed by atoms with Crippen LogP contribution in [0.15, 0.2) is 18.3 Å². The van der Waals surface area contributed by atoms with E-state index in [1.807, 2.05) is 12.1 Å². The quantitative estimate of drug-likeness (QED) is 0.928. The topological polar surface area (TPSA) is 54.5 Å². The molecule has 1 unspecified atom stereocenters. The molecule has 120 valence electrons. The number of ether oxygens (including phenoxy) is 1. The SMILES string of the molecule is CC1(CNC(=O)c2ccc(N3CCCC3)nc2)CCCCO1. The lowest BCUT2D eigenvalue weighted by Gasteiger charge is -2.33. The maximum atomic E-state index is 12.2. The first-order chi connectivity index (χ1) is 10.7. The maximum Gasteiger partial charge on any atom is 0.252 e. The van der Waals surface area contributed by atoms with Crippen LogP contribution in [0.25, 0.3) is 0 Å². The molecule has 0 bridgehead atoms. The summed E-state index contributed by atoms with van der Waals surface area (Å²) in [5.74, 6) is 0.896. The van der Waals surface area contributed by atoms with Crippen molar-refractivity contribution in [2.45, 2.75) is 44.6 Å². The molecule has 3 heterocycles. The fourth-order valence-electron chi connectivity index (χ4n) is 3.15. The van der Waals surface area contributed by atoms with Crippen molar-refractivity contribution in [3.05, 3.63) is 23.9 Å². The number of anilines is 1. The number of nitrogens with zero attached hydrogens (tertiary/aromatic N) is 2. The van der Waals surface area contributed by atoms with Gasteiger partial charge >= 0.3 is 0 Å². The molecule has 2 fully saturated rings.